The first-order valence-corrected chi connectivity index (χ1v) is 3.53. The molecule has 0 unspecified atom stereocenters. The normalized spacial score (nSPS) is 12.0. The van der Waals surface area contributed by atoms with E-state index in [0.717, 1.165) is 5.56 Å². The molecule has 0 aliphatic rings. The molecule has 0 N–H and O–H groups in total. The maximum Gasteiger partial charge on any atom is 0.390 e. The fourth-order valence-electron chi connectivity index (χ4n) is 0.831. The molecule has 0 amide bonds. The highest BCUT2D eigenvalue weighted by molar-refractivity contribution is 4.99. The van der Waals surface area contributed by atoms with Crippen LogP contribution in [-0.2, 0) is 6.54 Å². The lowest BCUT2D eigenvalue weighted by Gasteiger charge is -2.05. The van der Waals surface area contributed by atoms with E-state index < -0.39 is 12.6 Å². The Morgan fingerprint density at radius 3 is 2.58 bits per heavy atom. The third-order valence-corrected chi connectivity index (χ3v) is 1.39. The van der Waals surface area contributed by atoms with Gasteiger partial charge in [0.15, 0.2) is 0 Å². The molecule has 0 radical (unpaired) electrons. The van der Waals surface area contributed by atoms with Gasteiger partial charge in [0.2, 0.25) is 0 Å². The van der Waals surface area contributed by atoms with Crippen molar-refractivity contribution < 1.29 is 13.2 Å². The third kappa shape index (κ3) is 2.94. The lowest BCUT2D eigenvalue weighted by Crippen LogP contribution is -2.12. The van der Waals surface area contributed by atoms with Crippen LogP contribution in [0, 0.1) is 6.92 Å². The highest BCUT2D eigenvalue weighted by atomic mass is 19.4. The maximum absolute atomic E-state index is 11.7. The minimum atomic E-state index is -4.10. The summed E-state index contributed by atoms with van der Waals surface area (Å²) in [5.74, 6) is 0. The van der Waals surface area contributed by atoms with Gasteiger partial charge >= 0.3 is 6.18 Å². The van der Waals surface area contributed by atoms with Crippen LogP contribution in [-0.4, -0.2) is 16.0 Å². The van der Waals surface area contributed by atoms with Crippen LogP contribution in [0.2, 0.25) is 0 Å². The molecule has 0 aliphatic carbocycles. The molecule has 0 spiro atoms. The van der Waals surface area contributed by atoms with Crippen LogP contribution in [0.15, 0.2) is 12.4 Å². The Kier molecular flexibility index (Phi) is 2.40. The van der Waals surface area contributed by atoms with E-state index in [1.54, 1.807) is 13.1 Å². The fourth-order valence-corrected chi connectivity index (χ4v) is 0.831. The summed E-state index contributed by atoms with van der Waals surface area (Å²) in [6.45, 7) is 1.69. The van der Waals surface area contributed by atoms with Crippen LogP contribution in [0.4, 0.5) is 13.2 Å². The van der Waals surface area contributed by atoms with Gasteiger partial charge in [0.25, 0.3) is 0 Å². The van der Waals surface area contributed by atoms with Gasteiger partial charge in [-0.2, -0.15) is 18.3 Å². The molecule has 0 fully saturated rings. The lowest BCUT2D eigenvalue weighted by molar-refractivity contribution is -0.137. The zero-order valence-corrected chi connectivity index (χ0v) is 6.60. The number of aryl methyl sites for hydroxylation is 2. The molecule has 12 heavy (non-hydrogen) atoms. The monoisotopic (exact) mass is 178 g/mol. The summed E-state index contributed by atoms with van der Waals surface area (Å²) >= 11 is 0. The second kappa shape index (κ2) is 3.16. The molecule has 68 valence electrons. The first-order chi connectivity index (χ1) is 5.47. The Labute approximate surface area is 68.0 Å². The minimum absolute atomic E-state index is 0.0999. The molecule has 5 heteroatoms. The molecular formula is C7H9F3N2. The van der Waals surface area contributed by atoms with E-state index in [0.29, 0.717) is 0 Å². The molecule has 0 saturated heterocycles. The van der Waals surface area contributed by atoms with Crippen LogP contribution in [0.25, 0.3) is 0 Å². The largest absolute Gasteiger partial charge is 0.390 e. The number of alkyl halides is 3. The maximum atomic E-state index is 11.7. The van der Waals surface area contributed by atoms with Crippen LogP contribution in [0.1, 0.15) is 12.0 Å². The molecule has 0 aromatic carbocycles. The Bertz CT molecular complexity index is 251. The van der Waals surface area contributed by atoms with Gasteiger partial charge in [-0.15, -0.1) is 0 Å². The highest BCUT2D eigenvalue weighted by Gasteiger charge is 2.26. The number of hydrogen-bond acceptors (Lipinski definition) is 1. The summed E-state index contributed by atoms with van der Waals surface area (Å²) in [5, 5.41) is 3.74. The van der Waals surface area contributed by atoms with Gasteiger partial charge in [0.05, 0.1) is 12.6 Å². The second-order valence-corrected chi connectivity index (χ2v) is 2.65. The van der Waals surface area contributed by atoms with Crippen molar-refractivity contribution in [3.8, 4) is 0 Å². The predicted octanol–water partition coefficient (Wildman–Crippen LogP) is 2.14. The average Bonchev–Trinajstić information content (AvgIpc) is 2.30. The van der Waals surface area contributed by atoms with Crippen LogP contribution in [0.3, 0.4) is 0 Å². The minimum Gasteiger partial charge on any atom is -0.272 e. The molecule has 2 nitrogen and oxygen atoms in total. The summed E-state index contributed by atoms with van der Waals surface area (Å²) in [6, 6.07) is 0. The first-order valence-electron chi connectivity index (χ1n) is 3.53. The Balaban J connectivity index is 2.44. The number of halogens is 3. The Hall–Kier alpha value is -1.00. The molecule has 0 bridgehead atoms. The zero-order valence-electron chi connectivity index (χ0n) is 6.60. The van der Waals surface area contributed by atoms with E-state index in [1.165, 1.54) is 10.9 Å². The van der Waals surface area contributed by atoms with E-state index in [1.807, 2.05) is 0 Å². The standard InChI is InChI=1S/C7H9F3N2/c1-6-4-11-12(5-6)3-2-7(8,9)10/h4-5H,2-3H2,1H3. The van der Waals surface area contributed by atoms with Gasteiger partial charge < -0.3 is 0 Å². The fraction of sp³-hybridized carbons (Fsp3) is 0.571. The van der Waals surface area contributed by atoms with Gasteiger partial charge in [-0.3, -0.25) is 4.68 Å². The third-order valence-electron chi connectivity index (χ3n) is 1.39. The van der Waals surface area contributed by atoms with Crippen LogP contribution >= 0.6 is 0 Å². The van der Waals surface area contributed by atoms with Crippen LogP contribution < -0.4 is 0 Å². The van der Waals surface area contributed by atoms with E-state index in [4.69, 9.17) is 0 Å². The molecule has 0 aliphatic heterocycles. The van der Waals surface area contributed by atoms with Crippen molar-refractivity contribution in [2.75, 3.05) is 0 Å². The topological polar surface area (TPSA) is 17.8 Å². The van der Waals surface area contributed by atoms with E-state index >= 15 is 0 Å². The van der Waals surface area contributed by atoms with Crippen molar-refractivity contribution in [1.29, 1.82) is 0 Å². The summed E-state index contributed by atoms with van der Waals surface area (Å²) in [6.07, 6.45) is -1.80. The smallest absolute Gasteiger partial charge is 0.272 e. The number of rotatable bonds is 2. The van der Waals surface area contributed by atoms with Crippen molar-refractivity contribution in [3.63, 3.8) is 0 Å². The molecular weight excluding hydrogens is 169 g/mol. The molecule has 1 heterocycles. The van der Waals surface area contributed by atoms with Gasteiger partial charge in [0.1, 0.15) is 0 Å². The molecule has 1 aromatic rings. The Morgan fingerprint density at radius 2 is 2.17 bits per heavy atom. The van der Waals surface area contributed by atoms with Crippen molar-refractivity contribution >= 4 is 0 Å². The average molecular weight is 178 g/mol. The second-order valence-electron chi connectivity index (χ2n) is 2.65. The SMILES string of the molecule is Cc1cnn(CCC(F)(F)F)c1. The van der Waals surface area contributed by atoms with Gasteiger partial charge in [-0.05, 0) is 12.5 Å². The van der Waals surface area contributed by atoms with Crippen molar-refractivity contribution in [2.24, 2.45) is 0 Å². The molecule has 1 rings (SSSR count). The number of nitrogens with zero attached hydrogens (tertiary/aromatic N) is 2. The zero-order chi connectivity index (χ0) is 9.19. The summed E-state index contributed by atoms with van der Waals surface area (Å²) in [7, 11) is 0. The quantitative estimate of drug-likeness (QED) is 0.678. The number of aromatic nitrogens is 2. The van der Waals surface area contributed by atoms with Gasteiger partial charge in [0, 0.05) is 12.7 Å². The van der Waals surface area contributed by atoms with E-state index in [-0.39, 0.29) is 6.54 Å². The van der Waals surface area contributed by atoms with E-state index in [2.05, 4.69) is 5.10 Å². The summed E-state index contributed by atoms with van der Waals surface area (Å²) in [4.78, 5) is 0. The van der Waals surface area contributed by atoms with Crippen molar-refractivity contribution in [2.45, 2.75) is 26.1 Å². The lowest BCUT2D eigenvalue weighted by atomic mass is 10.4. The highest BCUT2D eigenvalue weighted by Crippen LogP contribution is 2.19. The molecule has 1 aromatic heterocycles. The van der Waals surface area contributed by atoms with Gasteiger partial charge in [-0.25, -0.2) is 0 Å². The van der Waals surface area contributed by atoms with Gasteiger partial charge in [-0.1, -0.05) is 0 Å². The first kappa shape index (κ1) is 9.09. The molecule has 0 atom stereocenters. The van der Waals surface area contributed by atoms with Crippen molar-refractivity contribution in [3.05, 3.63) is 18.0 Å². The number of hydrogen-bond donors (Lipinski definition) is 0. The van der Waals surface area contributed by atoms with Crippen LogP contribution in [0.5, 0.6) is 0 Å². The van der Waals surface area contributed by atoms with Crippen molar-refractivity contribution in [1.82, 2.24) is 9.78 Å². The predicted molar refractivity (Wildman–Crippen MR) is 37.6 cm³/mol. The summed E-state index contributed by atoms with van der Waals surface area (Å²) in [5.41, 5.74) is 0.872. The summed E-state index contributed by atoms with van der Waals surface area (Å²) < 4.78 is 36.4. The Morgan fingerprint density at radius 1 is 1.50 bits per heavy atom. The van der Waals surface area contributed by atoms with E-state index in [9.17, 15) is 13.2 Å². The molecule has 0 saturated carbocycles.